The Hall–Kier alpha value is -2.93. The van der Waals surface area contributed by atoms with Gasteiger partial charge in [-0.2, -0.15) is 0 Å². The maximum absolute atomic E-state index is 12.0. The van der Waals surface area contributed by atoms with Crippen LogP contribution in [0.5, 0.6) is 5.75 Å². The SMILES string of the molecule is O=C(COc1ccccc1Cl)Nc1cccc(-n2cnnn2)c1. The van der Waals surface area contributed by atoms with Crippen molar-refractivity contribution >= 4 is 23.2 Å². The van der Waals surface area contributed by atoms with Gasteiger partial charge in [0.2, 0.25) is 0 Å². The Balaban J connectivity index is 1.62. The number of hydrogen-bond donors (Lipinski definition) is 1. The van der Waals surface area contributed by atoms with Crippen LogP contribution in [0.15, 0.2) is 54.9 Å². The van der Waals surface area contributed by atoms with Crippen molar-refractivity contribution in [3.8, 4) is 11.4 Å². The topological polar surface area (TPSA) is 81.9 Å². The maximum Gasteiger partial charge on any atom is 0.262 e. The van der Waals surface area contributed by atoms with Gasteiger partial charge in [-0.3, -0.25) is 4.79 Å². The van der Waals surface area contributed by atoms with E-state index in [-0.39, 0.29) is 12.5 Å². The van der Waals surface area contributed by atoms with E-state index in [1.54, 1.807) is 42.5 Å². The molecule has 3 aromatic rings. The highest BCUT2D eigenvalue weighted by atomic mass is 35.5. The van der Waals surface area contributed by atoms with Gasteiger partial charge < -0.3 is 10.1 Å². The van der Waals surface area contributed by atoms with Crippen LogP contribution in [0.3, 0.4) is 0 Å². The monoisotopic (exact) mass is 329 g/mol. The minimum atomic E-state index is -0.293. The highest BCUT2D eigenvalue weighted by Crippen LogP contribution is 2.23. The standard InChI is InChI=1S/C15H12ClN5O2/c16-13-6-1-2-7-14(13)23-9-15(22)18-11-4-3-5-12(8-11)21-10-17-19-20-21/h1-8,10H,9H2,(H,18,22). The Morgan fingerprint density at radius 3 is 2.87 bits per heavy atom. The van der Waals surface area contributed by atoms with Crippen LogP contribution in [0.4, 0.5) is 5.69 Å². The minimum absolute atomic E-state index is 0.140. The van der Waals surface area contributed by atoms with Gasteiger partial charge >= 0.3 is 0 Å². The average molecular weight is 330 g/mol. The highest BCUT2D eigenvalue weighted by molar-refractivity contribution is 6.32. The molecule has 0 saturated carbocycles. The van der Waals surface area contributed by atoms with E-state index in [9.17, 15) is 4.79 Å². The summed E-state index contributed by atoms with van der Waals surface area (Å²) in [6.07, 6.45) is 1.47. The number of hydrogen-bond acceptors (Lipinski definition) is 5. The first-order valence-electron chi connectivity index (χ1n) is 6.73. The van der Waals surface area contributed by atoms with E-state index in [2.05, 4.69) is 20.8 Å². The fraction of sp³-hybridized carbons (Fsp3) is 0.0667. The number of tetrazole rings is 1. The van der Waals surface area contributed by atoms with E-state index < -0.39 is 0 Å². The van der Waals surface area contributed by atoms with Gasteiger partial charge in [-0.1, -0.05) is 29.8 Å². The number of para-hydroxylation sites is 1. The Bertz CT molecular complexity index is 807. The molecule has 0 bridgehead atoms. The average Bonchev–Trinajstić information content (AvgIpc) is 3.09. The molecule has 0 saturated heterocycles. The van der Waals surface area contributed by atoms with E-state index in [4.69, 9.17) is 16.3 Å². The highest BCUT2D eigenvalue weighted by Gasteiger charge is 2.07. The Kier molecular flexibility index (Phi) is 4.49. The van der Waals surface area contributed by atoms with Crippen molar-refractivity contribution in [1.29, 1.82) is 0 Å². The van der Waals surface area contributed by atoms with Crippen LogP contribution in [0, 0.1) is 0 Å². The summed E-state index contributed by atoms with van der Waals surface area (Å²) in [7, 11) is 0. The van der Waals surface area contributed by atoms with Gasteiger partial charge in [0, 0.05) is 5.69 Å². The largest absolute Gasteiger partial charge is 0.482 e. The van der Waals surface area contributed by atoms with Crippen LogP contribution in [0.2, 0.25) is 5.02 Å². The molecule has 0 aliphatic carbocycles. The molecule has 0 fully saturated rings. The third-order valence-electron chi connectivity index (χ3n) is 2.94. The molecular formula is C15H12ClN5O2. The second-order valence-electron chi connectivity index (χ2n) is 4.57. The van der Waals surface area contributed by atoms with Gasteiger partial charge in [0.1, 0.15) is 12.1 Å². The molecule has 0 radical (unpaired) electrons. The Labute approximate surface area is 136 Å². The second-order valence-corrected chi connectivity index (χ2v) is 4.98. The molecule has 0 atom stereocenters. The third-order valence-corrected chi connectivity index (χ3v) is 3.25. The molecule has 2 aromatic carbocycles. The molecule has 23 heavy (non-hydrogen) atoms. The molecule has 0 unspecified atom stereocenters. The second kappa shape index (κ2) is 6.89. The third kappa shape index (κ3) is 3.83. The smallest absolute Gasteiger partial charge is 0.262 e. The first-order chi connectivity index (χ1) is 11.2. The summed E-state index contributed by atoms with van der Waals surface area (Å²) in [5.74, 6) is 0.172. The normalized spacial score (nSPS) is 10.3. The lowest BCUT2D eigenvalue weighted by atomic mass is 10.3. The molecule has 0 aliphatic rings. The number of anilines is 1. The molecule has 1 amide bonds. The van der Waals surface area contributed by atoms with Gasteiger partial charge in [0.15, 0.2) is 6.61 Å². The van der Waals surface area contributed by atoms with Gasteiger partial charge in [-0.25, -0.2) is 4.68 Å². The van der Waals surface area contributed by atoms with Crippen molar-refractivity contribution in [2.45, 2.75) is 0 Å². The van der Waals surface area contributed by atoms with E-state index in [1.165, 1.54) is 11.0 Å². The molecule has 1 N–H and O–H groups in total. The number of rotatable bonds is 5. The zero-order valence-electron chi connectivity index (χ0n) is 11.9. The number of carbonyl (C=O) groups is 1. The first kappa shape index (κ1) is 15.0. The van der Waals surface area contributed by atoms with Crippen molar-refractivity contribution in [2.24, 2.45) is 0 Å². The first-order valence-corrected chi connectivity index (χ1v) is 7.11. The summed E-state index contributed by atoms with van der Waals surface area (Å²) in [4.78, 5) is 12.0. The summed E-state index contributed by atoms with van der Waals surface area (Å²) in [5.41, 5.74) is 1.35. The number of ether oxygens (including phenoxy) is 1. The van der Waals surface area contributed by atoms with Crippen LogP contribution >= 0.6 is 11.6 Å². The van der Waals surface area contributed by atoms with Crippen LogP contribution in [-0.4, -0.2) is 32.7 Å². The van der Waals surface area contributed by atoms with Crippen LogP contribution < -0.4 is 10.1 Å². The van der Waals surface area contributed by atoms with E-state index in [0.717, 1.165) is 5.69 Å². The van der Waals surface area contributed by atoms with E-state index >= 15 is 0 Å². The van der Waals surface area contributed by atoms with Gasteiger partial charge in [0.05, 0.1) is 10.7 Å². The minimum Gasteiger partial charge on any atom is -0.482 e. The quantitative estimate of drug-likeness (QED) is 0.777. The van der Waals surface area contributed by atoms with Crippen molar-refractivity contribution in [3.05, 3.63) is 59.9 Å². The molecule has 1 aromatic heterocycles. The molecule has 8 heteroatoms. The molecule has 7 nitrogen and oxygen atoms in total. The number of amides is 1. The zero-order valence-corrected chi connectivity index (χ0v) is 12.6. The fourth-order valence-corrected chi connectivity index (χ4v) is 2.10. The van der Waals surface area contributed by atoms with Gasteiger partial charge in [-0.05, 0) is 40.8 Å². The summed E-state index contributed by atoms with van der Waals surface area (Å²) in [6, 6.07) is 14.1. The van der Waals surface area contributed by atoms with Crippen LogP contribution in [0.25, 0.3) is 5.69 Å². The number of aromatic nitrogens is 4. The number of benzene rings is 2. The molecule has 3 rings (SSSR count). The number of halogens is 1. The Morgan fingerprint density at radius 2 is 2.09 bits per heavy atom. The van der Waals surface area contributed by atoms with Gasteiger partial charge in [-0.15, -0.1) is 5.10 Å². The molecule has 116 valence electrons. The predicted octanol–water partition coefficient (Wildman–Crippen LogP) is 2.33. The zero-order chi connectivity index (χ0) is 16.1. The predicted molar refractivity (Wildman–Crippen MR) is 84.7 cm³/mol. The lowest BCUT2D eigenvalue weighted by Gasteiger charge is -2.09. The number of nitrogens with one attached hydrogen (secondary N) is 1. The summed E-state index contributed by atoms with van der Waals surface area (Å²) in [6.45, 7) is -0.140. The number of nitrogens with zero attached hydrogens (tertiary/aromatic N) is 4. The fourth-order valence-electron chi connectivity index (χ4n) is 1.91. The summed E-state index contributed by atoms with van der Waals surface area (Å²) < 4.78 is 6.89. The maximum atomic E-state index is 12.0. The van der Waals surface area contributed by atoms with Crippen molar-refractivity contribution in [3.63, 3.8) is 0 Å². The molecule has 1 heterocycles. The van der Waals surface area contributed by atoms with Crippen LogP contribution in [-0.2, 0) is 4.79 Å². The van der Waals surface area contributed by atoms with Crippen molar-refractivity contribution in [1.82, 2.24) is 20.2 Å². The molecule has 0 spiro atoms. The summed E-state index contributed by atoms with van der Waals surface area (Å²) >= 11 is 5.97. The van der Waals surface area contributed by atoms with E-state index in [1.807, 2.05) is 6.07 Å². The van der Waals surface area contributed by atoms with Gasteiger partial charge in [0.25, 0.3) is 5.91 Å². The lowest BCUT2D eigenvalue weighted by Crippen LogP contribution is -2.20. The summed E-state index contributed by atoms with van der Waals surface area (Å²) in [5, 5.41) is 14.1. The van der Waals surface area contributed by atoms with Crippen LogP contribution in [0.1, 0.15) is 0 Å². The Morgan fingerprint density at radius 1 is 1.22 bits per heavy atom. The van der Waals surface area contributed by atoms with Crippen molar-refractivity contribution in [2.75, 3.05) is 11.9 Å². The molecular weight excluding hydrogens is 318 g/mol. The number of carbonyl (C=O) groups excluding carboxylic acids is 1. The van der Waals surface area contributed by atoms with Crippen molar-refractivity contribution < 1.29 is 9.53 Å². The van der Waals surface area contributed by atoms with E-state index in [0.29, 0.717) is 16.5 Å². The lowest BCUT2D eigenvalue weighted by molar-refractivity contribution is -0.118. The molecule has 0 aliphatic heterocycles.